The van der Waals surface area contributed by atoms with Crippen LogP contribution in [0.4, 0.5) is 10.5 Å². The highest BCUT2D eigenvalue weighted by molar-refractivity contribution is 7.88. The average molecular weight is 388 g/mol. The summed E-state index contributed by atoms with van der Waals surface area (Å²) in [5, 5.41) is 2.99. The average Bonchev–Trinajstić information content (AvgIpc) is 2.63. The van der Waals surface area contributed by atoms with Gasteiger partial charge in [0.2, 0.25) is 10.0 Å². The maximum atomic E-state index is 12.7. The topological polar surface area (TPSA) is 78.5 Å². The van der Waals surface area contributed by atoms with Gasteiger partial charge in [0.05, 0.1) is 6.26 Å². The molecule has 2 aromatic carbocycles. The molecular formula is C20H25N3O3S. The Hall–Kier alpha value is -2.38. The monoisotopic (exact) mass is 387 g/mol. The Balaban J connectivity index is 1.67. The number of nitrogens with zero attached hydrogens (tertiary/aromatic N) is 1. The fourth-order valence-corrected chi connectivity index (χ4v) is 4.16. The van der Waals surface area contributed by atoms with Crippen molar-refractivity contribution in [2.45, 2.75) is 25.3 Å². The number of amides is 2. The second-order valence-corrected chi connectivity index (χ2v) is 8.70. The predicted octanol–water partition coefficient (Wildman–Crippen LogP) is 2.82. The first kappa shape index (κ1) is 19.4. The van der Waals surface area contributed by atoms with Crippen LogP contribution < -0.4 is 10.0 Å². The molecule has 0 aromatic heterocycles. The Morgan fingerprint density at radius 3 is 2.56 bits per heavy atom. The lowest BCUT2D eigenvalue weighted by molar-refractivity contribution is 0.190. The summed E-state index contributed by atoms with van der Waals surface area (Å²) in [4.78, 5) is 14.4. The number of carbonyl (C=O) groups excluding carboxylic acids is 1. The first-order chi connectivity index (χ1) is 12.9. The van der Waals surface area contributed by atoms with Crippen molar-refractivity contribution in [3.8, 4) is 0 Å². The smallest absolute Gasteiger partial charge is 0.321 e. The van der Waals surface area contributed by atoms with Gasteiger partial charge in [0.1, 0.15) is 0 Å². The Morgan fingerprint density at radius 2 is 1.81 bits per heavy atom. The van der Waals surface area contributed by atoms with Gasteiger partial charge in [-0.3, -0.25) is 0 Å². The number of benzene rings is 2. The third-order valence-corrected chi connectivity index (χ3v) is 5.35. The number of carbonyl (C=O) groups is 1. The Labute approximate surface area is 160 Å². The number of urea groups is 1. The fraction of sp³-hybridized carbons (Fsp3) is 0.350. The van der Waals surface area contributed by atoms with Crippen LogP contribution in [0.5, 0.6) is 0 Å². The van der Waals surface area contributed by atoms with Gasteiger partial charge in [0.25, 0.3) is 0 Å². The van der Waals surface area contributed by atoms with Crippen molar-refractivity contribution in [1.82, 2.24) is 9.62 Å². The molecule has 2 N–H and O–H groups in total. The summed E-state index contributed by atoms with van der Waals surface area (Å²) in [5.41, 5.74) is 3.00. The second kappa shape index (κ2) is 8.54. The molecule has 0 saturated carbocycles. The minimum Gasteiger partial charge on any atom is -0.323 e. The zero-order valence-electron chi connectivity index (χ0n) is 15.4. The molecule has 1 aliphatic heterocycles. The Kier molecular flexibility index (Phi) is 6.13. The summed E-state index contributed by atoms with van der Waals surface area (Å²) < 4.78 is 25.5. The number of hydrogen-bond acceptors (Lipinski definition) is 3. The third-order valence-electron chi connectivity index (χ3n) is 4.59. The van der Waals surface area contributed by atoms with E-state index in [1.165, 1.54) is 5.56 Å². The minimum absolute atomic E-state index is 0.199. The summed E-state index contributed by atoms with van der Waals surface area (Å²) >= 11 is 0. The number of likely N-dealkylation sites (tertiary alicyclic amines) is 1. The Bertz CT molecular complexity index is 884. The molecule has 1 fully saturated rings. The van der Waals surface area contributed by atoms with Gasteiger partial charge in [0.15, 0.2) is 0 Å². The predicted molar refractivity (Wildman–Crippen MR) is 107 cm³/mol. The molecule has 0 spiro atoms. The van der Waals surface area contributed by atoms with Gasteiger partial charge in [-0.25, -0.2) is 17.9 Å². The van der Waals surface area contributed by atoms with E-state index in [0.29, 0.717) is 13.1 Å². The maximum Gasteiger partial charge on any atom is 0.321 e. The van der Waals surface area contributed by atoms with Crippen molar-refractivity contribution < 1.29 is 13.2 Å². The van der Waals surface area contributed by atoms with Gasteiger partial charge in [-0.1, -0.05) is 48.5 Å². The van der Waals surface area contributed by atoms with Crippen LogP contribution in [0.2, 0.25) is 0 Å². The summed E-state index contributed by atoms with van der Waals surface area (Å²) in [5.74, 6) is 0. The number of anilines is 1. The minimum atomic E-state index is -3.28. The van der Waals surface area contributed by atoms with Crippen LogP contribution in [0.25, 0.3) is 0 Å². The lowest BCUT2D eigenvalue weighted by Crippen LogP contribution is -2.50. The SMILES string of the molecule is CS(=O)(=O)NC1CCCN(C(=O)Nc2ccccc2Cc2ccccc2)C1. The molecule has 1 unspecified atom stereocenters. The summed E-state index contributed by atoms with van der Waals surface area (Å²) in [7, 11) is -3.28. The van der Waals surface area contributed by atoms with E-state index >= 15 is 0 Å². The molecule has 144 valence electrons. The molecule has 0 aliphatic carbocycles. The molecule has 7 heteroatoms. The molecule has 0 bridgehead atoms. The van der Waals surface area contributed by atoms with Crippen LogP contribution in [0, 0.1) is 0 Å². The Morgan fingerprint density at radius 1 is 1.11 bits per heavy atom. The molecule has 1 aliphatic rings. The van der Waals surface area contributed by atoms with Crippen LogP contribution >= 0.6 is 0 Å². The van der Waals surface area contributed by atoms with E-state index in [-0.39, 0.29) is 12.1 Å². The molecule has 0 radical (unpaired) electrons. The molecule has 1 heterocycles. The number of para-hydroxylation sites is 1. The van der Waals surface area contributed by atoms with Crippen LogP contribution in [-0.2, 0) is 16.4 Å². The first-order valence-electron chi connectivity index (χ1n) is 9.06. The number of rotatable bonds is 5. The summed E-state index contributed by atoms with van der Waals surface area (Å²) in [6, 6.07) is 17.4. The van der Waals surface area contributed by atoms with E-state index < -0.39 is 10.0 Å². The zero-order chi connectivity index (χ0) is 19.3. The van der Waals surface area contributed by atoms with Crippen LogP contribution in [0.3, 0.4) is 0 Å². The number of nitrogens with one attached hydrogen (secondary N) is 2. The molecule has 6 nitrogen and oxygen atoms in total. The van der Waals surface area contributed by atoms with Crippen molar-refractivity contribution in [2.75, 3.05) is 24.7 Å². The summed E-state index contributed by atoms with van der Waals surface area (Å²) in [6.07, 6.45) is 3.38. The highest BCUT2D eigenvalue weighted by Crippen LogP contribution is 2.20. The van der Waals surface area contributed by atoms with E-state index in [4.69, 9.17) is 0 Å². The van der Waals surface area contributed by atoms with Crippen LogP contribution in [0.15, 0.2) is 54.6 Å². The lowest BCUT2D eigenvalue weighted by atomic mass is 10.0. The van der Waals surface area contributed by atoms with Gasteiger partial charge >= 0.3 is 6.03 Å². The summed E-state index contributed by atoms with van der Waals surface area (Å²) in [6.45, 7) is 0.994. The van der Waals surface area contributed by atoms with E-state index in [1.54, 1.807) is 4.90 Å². The molecule has 3 rings (SSSR count). The van der Waals surface area contributed by atoms with Gasteiger partial charge < -0.3 is 10.2 Å². The fourth-order valence-electron chi connectivity index (χ4n) is 3.37. The molecule has 27 heavy (non-hydrogen) atoms. The number of sulfonamides is 1. The van der Waals surface area contributed by atoms with Crippen LogP contribution in [-0.4, -0.2) is 44.7 Å². The normalized spacial score (nSPS) is 17.5. The van der Waals surface area contributed by atoms with E-state index in [0.717, 1.165) is 36.8 Å². The van der Waals surface area contributed by atoms with Gasteiger partial charge in [-0.15, -0.1) is 0 Å². The first-order valence-corrected chi connectivity index (χ1v) is 10.9. The van der Waals surface area contributed by atoms with E-state index in [1.807, 2.05) is 42.5 Å². The standard InChI is InChI=1S/C20H25N3O3S/c1-27(25,26)22-18-11-7-13-23(15-18)20(24)21-19-12-6-5-10-17(19)14-16-8-3-2-4-9-16/h2-6,8-10,12,18,22H,7,11,13-15H2,1H3,(H,21,24). The van der Waals surface area contributed by atoms with Crippen molar-refractivity contribution in [2.24, 2.45) is 0 Å². The van der Waals surface area contributed by atoms with E-state index in [2.05, 4.69) is 22.2 Å². The molecule has 1 saturated heterocycles. The van der Waals surface area contributed by atoms with Crippen molar-refractivity contribution >= 4 is 21.7 Å². The van der Waals surface area contributed by atoms with Gasteiger partial charge in [-0.2, -0.15) is 0 Å². The number of piperidine rings is 1. The van der Waals surface area contributed by atoms with Crippen molar-refractivity contribution in [1.29, 1.82) is 0 Å². The molecular weight excluding hydrogens is 362 g/mol. The van der Waals surface area contributed by atoms with Crippen molar-refractivity contribution in [3.63, 3.8) is 0 Å². The second-order valence-electron chi connectivity index (χ2n) is 6.92. The molecule has 2 aromatic rings. The third kappa shape index (κ3) is 5.80. The quantitative estimate of drug-likeness (QED) is 0.828. The van der Waals surface area contributed by atoms with E-state index in [9.17, 15) is 13.2 Å². The molecule has 1 atom stereocenters. The number of hydrogen-bond donors (Lipinski definition) is 2. The highest BCUT2D eigenvalue weighted by atomic mass is 32.2. The van der Waals surface area contributed by atoms with Gasteiger partial charge in [0, 0.05) is 24.8 Å². The maximum absolute atomic E-state index is 12.7. The lowest BCUT2D eigenvalue weighted by Gasteiger charge is -2.33. The largest absolute Gasteiger partial charge is 0.323 e. The molecule has 2 amide bonds. The zero-order valence-corrected chi connectivity index (χ0v) is 16.2. The van der Waals surface area contributed by atoms with Gasteiger partial charge in [-0.05, 0) is 36.5 Å². The highest BCUT2D eigenvalue weighted by Gasteiger charge is 2.25. The van der Waals surface area contributed by atoms with Crippen molar-refractivity contribution in [3.05, 3.63) is 65.7 Å². The van der Waals surface area contributed by atoms with Crippen LogP contribution in [0.1, 0.15) is 24.0 Å².